The fourth-order valence-electron chi connectivity index (χ4n) is 2.40. The van der Waals surface area contributed by atoms with E-state index in [1.165, 1.54) is 0 Å². The van der Waals surface area contributed by atoms with Gasteiger partial charge in [-0.15, -0.1) is 0 Å². The van der Waals surface area contributed by atoms with Gasteiger partial charge in [-0.2, -0.15) is 0 Å². The van der Waals surface area contributed by atoms with Crippen LogP contribution in [-0.4, -0.2) is 47.8 Å². The Morgan fingerprint density at radius 3 is 2.50 bits per heavy atom. The molecule has 4 heteroatoms. The minimum absolute atomic E-state index is 0.0895. The second kappa shape index (κ2) is 6.21. The molecule has 16 heavy (non-hydrogen) atoms. The van der Waals surface area contributed by atoms with Crippen LogP contribution in [-0.2, 0) is 9.53 Å². The van der Waals surface area contributed by atoms with Gasteiger partial charge in [0, 0.05) is 12.6 Å². The molecule has 0 amide bonds. The van der Waals surface area contributed by atoms with E-state index in [0.29, 0.717) is 12.5 Å². The zero-order chi connectivity index (χ0) is 12.1. The Hall–Kier alpha value is -0.610. The first-order valence-corrected chi connectivity index (χ1v) is 6.16. The van der Waals surface area contributed by atoms with Gasteiger partial charge in [0.15, 0.2) is 6.10 Å². The molecule has 1 aliphatic heterocycles. The highest BCUT2D eigenvalue weighted by atomic mass is 16.5. The van der Waals surface area contributed by atoms with Crippen molar-refractivity contribution in [3.63, 3.8) is 0 Å². The van der Waals surface area contributed by atoms with Gasteiger partial charge in [-0.05, 0) is 32.7 Å². The lowest BCUT2D eigenvalue weighted by molar-refractivity contribution is -0.149. The largest absolute Gasteiger partial charge is 0.479 e. The summed E-state index contributed by atoms with van der Waals surface area (Å²) in [7, 11) is 2.09. The summed E-state index contributed by atoms with van der Waals surface area (Å²) in [5.41, 5.74) is 0. The summed E-state index contributed by atoms with van der Waals surface area (Å²) in [5.74, 6) is -0.826. The molecule has 0 aromatic rings. The van der Waals surface area contributed by atoms with E-state index in [1.807, 2.05) is 0 Å². The molecule has 1 saturated heterocycles. The minimum Gasteiger partial charge on any atom is -0.479 e. The maximum atomic E-state index is 10.7. The van der Waals surface area contributed by atoms with Gasteiger partial charge in [0.25, 0.3) is 0 Å². The Morgan fingerprint density at radius 2 is 2.06 bits per heavy atom. The summed E-state index contributed by atoms with van der Waals surface area (Å²) in [5, 5.41) is 8.83. The molecule has 0 bridgehead atoms. The molecule has 0 radical (unpaired) electrons. The molecule has 0 aromatic heterocycles. The van der Waals surface area contributed by atoms with E-state index in [1.54, 1.807) is 0 Å². The molecule has 2 atom stereocenters. The summed E-state index contributed by atoms with van der Waals surface area (Å²) in [6.45, 7) is 5.20. The van der Waals surface area contributed by atoms with Crippen LogP contribution in [0, 0.1) is 0 Å². The number of carboxylic acids is 1. The summed E-state index contributed by atoms with van der Waals surface area (Å²) >= 11 is 0. The first-order chi connectivity index (χ1) is 7.58. The lowest BCUT2D eigenvalue weighted by Crippen LogP contribution is -2.37. The van der Waals surface area contributed by atoms with E-state index in [9.17, 15) is 4.79 Å². The lowest BCUT2D eigenvalue weighted by atomic mass is 10.1. The van der Waals surface area contributed by atoms with E-state index in [2.05, 4.69) is 25.8 Å². The average Bonchev–Trinajstić information content (AvgIpc) is 2.68. The van der Waals surface area contributed by atoms with Crippen molar-refractivity contribution in [3.05, 3.63) is 0 Å². The number of hydrogen-bond acceptors (Lipinski definition) is 3. The van der Waals surface area contributed by atoms with E-state index in [-0.39, 0.29) is 6.10 Å². The zero-order valence-electron chi connectivity index (χ0n) is 10.5. The summed E-state index contributed by atoms with van der Waals surface area (Å²) in [6, 6.07) is 0.576. The molecule has 1 aliphatic rings. The molecular formula is C12H23NO3. The second-order valence-corrected chi connectivity index (χ2v) is 4.57. The molecule has 2 unspecified atom stereocenters. The number of carboxylic acid groups (broad SMARTS) is 1. The van der Waals surface area contributed by atoms with E-state index in [4.69, 9.17) is 9.84 Å². The van der Waals surface area contributed by atoms with Crippen LogP contribution in [0.2, 0.25) is 0 Å². The van der Waals surface area contributed by atoms with Gasteiger partial charge in [0.05, 0.1) is 6.10 Å². The van der Waals surface area contributed by atoms with Gasteiger partial charge < -0.3 is 14.7 Å². The van der Waals surface area contributed by atoms with Crippen molar-refractivity contribution in [2.45, 2.75) is 57.8 Å². The zero-order valence-corrected chi connectivity index (χ0v) is 10.5. The third-order valence-electron chi connectivity index (χ3n) is 3.44. The predicted octanol–water partition coefficient (Wildman–Crippen LogP) is 1.74. The quantitative estimate of drug-likeness (QED) is 0.753. The van der Waals surface area contributed by atoms with Crippen molar-refractivity contribution in [1.29, 1.82) is 0 Å². The van der Waals surface area contributed by atoms with E-state index >= 15 is 0 Å². The number of aliphatic carboxylic acids is 1. The minimum atomic E-state index is -0.826. The summed E-state index contributed by atoms with van der Waals surface area (Å²) < 4.78 is 5.49. The Labute approximate surface area is 97.6 Å². The van der Waals surface area contributed by atoms with Crippen LogP contribution < -0.4 is 0 Å². The van der Waals surface area contributed by atoms with Gasteiger partial charge in [-0.1, -0.05) is 13.8 Å². The van der Waals surface area contributed by atoms with Crippen LogP contribution >= 0.6 is 0 Å². The number of ether oxygens (including phenoxy) is 1. The average molecular weight is 229 g/mol. The molecule has 0 spiro atoms. The third-order valence-corrected chi connectivity index (χ3v) is 3.44. The smallest absolute Gasteiger partial charge is 0.332 e. The van der Waals surface area contributed by atoms with Crippen LogP contribution in [0.25, 0.3) is 0 Å². The molecule has 1 fully saturated rings. The Balaban J connectivity index is 2.36. The van der Waals surface area contributed by atoms with Gasteiger partial charge in [0.2, 0.25) is 0 Å². The molecule has 1 N–H and O–H groups in total. The molecule has 1 heterocycles. The lowest BCUT2D eigenvalue weighted by Gasteiger charge is -2.28. The fraction of sp³-hybridized carbons (Fsp3) is 0.917. The van der Waals surface area contributed by atoms with Crippen LogP contribution in [0.5, 0.6) is 0 Å². The molecule has 0 aromatic carbocycles. The summed E-state index contributed by atoms with van der Waals surface area (Å²) in [4.78, 5) is 13.0. The first-order valence-electron chi connectivity index (χ1n) is 6.16. The molecular weight excluding hydrogens is 206 g/mol. The van der Waals surface area contributed by atoms with Crippen molar-refractivity contribution in [2.75, 3.05) is 13.6 Å². The van der Waals surface area contributed by atoms with Crippen molar-refractivity contribution >= 4 is 5.97 Å². The highest BCUT2D eigenvalue weighted by Gasteiger charge is 2.31. The standard InChI is InChI=1S/C12H23NO3/c1-4-9(5-2)13(3)8-10-6-7-11(16-10)12(14)15/h9-11H,4-8H2,1-3H3,(H,14,15). The molecule has 1 rings (SSSR count). The number of likely N-dealkylation sites (N-methyl/N-ethyl adjacent to an activating group) is 1. The van der Waals surface area contributed by atoms with Crippen LogP contribution in [0.1, 0.15) is 39.5 Å². The van der Waals surface area contributed by atoms with Gasteiger partial charge in [-0.25, -0.2) is 4.79 Å². The monoisotopic (exact) mass is 229 g/mol. The van der Waals surface area contributed by atoms with Crippen molar-refractivity contribution in [2.24, 2.45) is 0 Å². The highest BCUT2D eigenvalue weighted by Crippen LogP contribution is 2.21. The third kappa shape index (κ3) is 3.46. The van der Waals surface area contributed by atoms with Crippen LogP contribution in [0.3, 0.4) is 0 Å². The van der Waals surface area contributed by atoms with Gasteiger partial charge >= 0.3 is 5.97 Å². The topological polar surface area (TPSA) is 49.8 Å². The maximum Gasteiger partial charge on any atom is 0.332 e. The Morgan fingerprint density at radius 1 is 1.44 bits per heavy atom. The Bertz CT molecular complexity index is 228. The molecule has 0 aliphatic carbocycles. The van der Waals surface area contributed by atoms with E-state index < -0.39 is 12.1 Å². The van der Waals surface area contributed by atoms with E-state index in [0.717, 1.165) is 25.8 Å². The second-order valence-electron chi connectivity index (χ2n) is 4.57. The van der Waals surface area contributed by atoms with Gasteiger partial charge in [0.1, 0.15) is 0 Å². The van der Waals surface area contributed by atoms with Crippen molar-refractivity contribution in [3.8, 4) is 0 Å². The number of rotatable bonds is 6. The number of hydrogen-bond donors (Lipinski definition) is 1. The fourth-order valence-corrected chi connectivity index (χ4v) is 2.40. The predicted molar refractivity (Wildman–Crippen MR) is 62.5 cm³/mol. The maximum absolute atomic E-state index is 10.7. The van der Waals surface area contributed by atoms with Crippen LogP contribution in [0.4, 0.5) is 0 Å². The first kappa shape index (κ1) is 13.5. The molecule has 0 saturated carbocycles. The highest BCUT2D eigenvalue weighted by molar-refractivity contribution is 5.72. The number of carbonyl (C=O) groups is 1. The Kier molecular flexibility index (Phi) is 5.22. The SMILES string of the molecule is CCC(CC)N(C)CC1CCC(C(=O)O)O1. The molecule has 4 nitrogen and oxygen atoms in total. The van der Waals surface area contributed by atoms with Crippen LogP contribution in [0.15, 0.2) is 0 Å². The molecule has 94 valence electrons. The number of nitrogens with zero attached hydrogens (tertiary/aromatic N) is 1. The summed E-state index contributed by atoms with van der Waals surface area (Å²) in [6.07, 6.45) is 3.27. The van der Waals surface area contributed by atoms with Gasteiger partial charge in [-0.3, -0.25) is 0 Å². The normalized spacial score (nSPS) is 25.6. The van der Waals surface area contributed by atoms with Crippen molar-refractivity contribution < 1.29 is 14.6 Å². The van der Waals surface area contributed by atoms with Crippen molar-refractivity contribution in [1.82, 2.24) is 4.90 Å².